The number of ether oxygens (including phenoxy) is 2. The highest BCUT2D eigenvalue weighted by atomic mass is 16.6. The molecule has 2 amide bonds. The molecule has 6 nitrogen and oxygen atoms in total. The SMILES string of the molecule is CCC(NC(=O)OC(C)(C)CCc1ccccc1)c1ccc2c(c1)NC(=O)C(C)O2. The van der Waals surface area contributed by atoms with Crippen LogP contribution in [0, 0.1) is 0 Å². The molecule has 0 fully saturated rings. The van der Waals surface area contributed by atoms with Crippen molar-refractivity contribution in [2.45, 2.75) is 64.7 Å². The number of aryl methyl sites for hydroxylation is 1. The van der Waals surface area contributed by atoms with Crippen molar-refractivity contribution < 1.29 is 19.1 Å². The zero-order valence-electron chi connectivity index (χ0n) is 18.0. The number of anilines is 1. The fourth-order valence-corrected chi connectivity index (χ4v) is 3.43. The lowest BCUT2D eigenvalue weighted by Gasteiger charge is -2.28. The van der Waals surface area contributed by atoms with Crippen LogP contribution in [-0.4, -0.2) is 23.7 Å². The molecule has 0 bridgehead atoms. The molecule has 2 N–H and O–H groups in total. The molecule has 6 heteroatoms. The highest BCUT2D eigenvalue weighted by molar-refractivity contribution is 5.97. The van der Waals surface area contributed by atoms with E-state index in [2.05, 4.69) is 22.8 Å². The maximum Gasteiger partial charge on any atom is 0.408 e. The maximum atomic E-state index is 12.6. The predicted octanol–water partition coefficient (Wildman–Crippen LogP) is 4.99. The van der Waals surface area contributed by atoms with E-state index < -0.39 is 17.8 Å². The van der Waals surface area contributed by atoms with Gasteiger partial charge in [-0.1, -0.05) is 43.3 Å². The number of fused-ring (bicyclic) bond motifs is 1. The van der Waals surface area contributed by atoms with E-state index in [1.807, 2.05) is 57.2 Å². The van der Waals surface area contributed by atoms with Gasteiger partial charge in [0.05, 0.1) is 11.7 Å². The molecule has 0 saturated carbocycles. The number of hydrogen-bond acceptors (Lipinski definition) is 4. The molecule has 0 spiro atoms. The van der Waals surface area contributed by atoms with E-state index in [1.165, 1.54) is 5.56 Å². The number of carbonyl (C=O) groups is 2. The number of carbonyl (C=O) groups excluding carboxylic acids is 2. The summed E-state index contributed by atoms with van der Waals surface area (Å²) in [5.41, 5.74) is 2.13. The van der Waals surface area contributed by atoms with E-state index in [0.29, 0.717) is 17.9 Å². The largest absolute Gasteiger partial charge is 0.479 e. The Hall–Kier alpha value is -3.02. The third-order valence-electron chi connectivity index (χ3n) is 5.26. The average molecular weight is 411 g/mol. The van der Waals surface area contributed by atoms with Gasteiger partial charge in [0.25, 0.3) is 5.91 Å². The van der Waals surface area contributed by atoms with E-state index in [4.69, 9.17) is 9.47 Å². The van der Waals surface area contributed by atoms with Crippen molar-refractivity contribution in [3.63, 3.8) is 0 Å². The molecule has 0 radical (unpaired) electrons. The van der Waals surface area contributed by atoms with Gasteiger partial charge in [0.2, 0.25) is 0 Å². The van der Waals surface area contributed by atoms with Gasteiger partial charge in [-0.25, -0.2) is 4.79 Å². The molecule has 160 valence electrons. The molecule has 30 heavy (non-hydrogen) atoms. The molecule has 1 aliphatic rings. The van der Waals surface area contributed by atoms with Gasteiger partial charge in [-0.2, -0.15) is 0 Å². The summed E-state index contributed by atoms with van der Waals surface area (Å²) in [5, 5.41) is 5.79. The fourth-order valence-electron chi connectivity index (χ4n) is 3.43. The van der Waals surface area contributed by atoms with Crippen LogP contribution in [0.15, 0.2) is 48.5 Å². The molecule has 2 atom stereocenters. The lowest BCUT2D eigenvalue weighted by atomic mass is 9.98. The molecule has 2 unspecified atom stereocenters. The lowest BCUT2D eigenvalue weighted by Crippen LogP contribution is -2.37. The van der Waals surface area contributed by atoms with E-state index in [0.717, 1.165) is 18.4 Å². The quantitative estimate of drug-likeness (QED) is 0.674. The van der Waals surface area contributed by atoms with Crippen molar-refractivity contribution in [1.29, 1.82) is 0 Å². The van der Waals surface area contributed by atoms with Crippen LogP contribution in [0.1, 0.15) is 57.7 Å². The molecule has 0 aliphatic carbocycles. The molecule has 0 saturated heterocycles. The minimum Gasteiger partial charge on any atom is -0.479 e. The van der Waals surface area contributed by atoms with E-state index in [1.54, 1.807) is 6.92 Å². The highest BCUT2D eigenvalue weighted by Crippen LogP contribution is 2.33. The van der Waals surface area contributed by atoms with Crippen molar-refractivity contribution in [1.82, 2.24) is 5.32 Å². The first-order chi connectivity index (χ1) is 14.3. The van der Waals surface area contributed by atoms with Gasteiger partial charge in [0, 0.05) is 0 Å². The number of nitrogens with one attached hydrogen (secondary N) is 2. The van der Waals surface area contributed by atoms with E-state index >= 15 is 0 Å². The van der Waals surface area contributed by atoms with Crippen molar-refractivity contribution in [3.8, 4) is 5.75 Å². The van der Waals surface area contributed by atoms with Crippen LogP contribution in [0.25, 0.3) is 0 Å². The normalized spacial score (nSPS) is 16.7. The Morgan fingerprint density at radius 2 is 1.97 bits per heavy atom. The first-order valence-corrected chi connectivity index (χ1v) is 10.4. The van der Waals surface area contributed by atoms with Gasteiger partial charge in [-0.3, -0.25) is 4.79 Å². The van der Waals surface area contributed by atoms with Crippen LogP contribution >= 0.6 is 0 Å². The summed E-state index contributed by atoms with van der Waals surface area (Å²) in [7, 11) is 0. The zero-order chi connectivity index (χ0) is 21.7. The summed E-state index contributed by atoms with van der Waals surface area (Å²) < 4.78 is 11.3. The Kier molecular flexibility index (Phi) is 6.65. The van der Waals surface area contributed by atoms with Gasteiger partial charge in [0.1, 0.15) is 11.4 Å². The Morgan fingerprint density at radius 1 is 1.23 bits per heavy atom. The Balaban J connectivity index is 1.60. The van der Waals surface area contributed by atoms with Gasteiger partial charge in [0.15, 0.2) is 6.10 Å². The highest BCUT2D eigenvalue weighted by Gasteiger charge is 2.27. The van der Waals surface area contributed by atoms with Gasteiger partial charge < -0.3 is 20.1 Å². The number of amides is 2. The zero-order valence-corrected chi connectivity index (χ0v) is 18.0. The fraction of sp³-hybridized carbons (Fsp3) is 0.417. The maximum absolute atomic E-state index is 12.6. The van der Waals surface area contributed by atoms with Crippen LogP contribution in [0.4, 0.5) is 10.5 Å². The second-order valence-electron chi connectivity index (χ2n) is 8.24. The van der Waals surface area contributed by atoms with Gasteiger partial charge in [-0.05, 0) is 63.3 Å². The van der Waals surface area contributed by atoms with Crippen molar-refractivity contribution in [3.05, 3.63) is 59.7 Å². The first-order valence-electron chi connectivity index (χ1n) is 10.4. The summed E-state index contributed by atoms with van der Waals surface area (Å²) in [6, 6.07) is 15.5. The van der Waals surface area contributed by atoms with Crippen LogP contribution in [0.3, 0.4) is 0 Å². The molecular formula is C24H30N2O4. The minimum absolute atomic E-state index is 0.180. The summed E-state index contributed by atoms with van der Waals surface area (Å²) in [6.07, 6.45) is 1.27. The van der Waals surface area contributed by atoms with Crippen LogP contribution in [0.2, 0.25) is 0 Å². The standard InChI is InChI=1S/C24H30N2O4/c1-5-19(18-11-12-21-20(15-18)25-22(27)16(2)29-21)26-23(28)30-24(3,4)14-13-17-9-7-6-8-10-17/h6-12,15-16,19H,5,13-14H2,1-4H3,(H,25,27)(H,26,28). The Morgan fingerprint density at radius 3 is 2.67 bits per heavy atom. The van der Waals surface area contributed by atoms with Gasteiger partial charge >= 0.3 is 6.09 Å². The monoisotopic (exact) mass is 410 g/mol. The summed E-state index contributed by atoms with van der Waals surface area (Å²) in [5.74, 6) is 0.450. The molecule has 1 heterocycles. The predicted molar refractivity (Wildman–Crippen MR) is 117 cm³/mol. The summed E-state index contributed by atoms with van der Waals surface area (Å²) >= 11 is 0. The van der Waals surface area contributed by atoms with Crippen molar-refractivity contribution in [2.75, 3.05) is 5.32 Å². The van der Waals surface area contributed by atoms with Crippen LogP contribution < -0.4 is 15.4 Å². The molecule has 2 aromatic rings. The number of benzene rings is 2. The second kappa shape index (κ2) is 9.20. The number of rotatable bonds is 7. The van der Waals surface area contributed by atoms with E-state index in [-0.39, 0.29) is 11.9 Å². The molecule has 2 aromatic carbocycles. The van der Waals surface area contributed by atoms with Crippen molar-refractivity contribution in [2.24, 2.45) is 0 Å². The number of alkyl carbamates (subject to hydrolysis) is 1. The third-order valence-corrected chi connectivity index (χ3v) is 5.26. The Bertz CT molecular complexity index is 895. The minimum atomic E-state index is -0.591. The second-order valence-corrected chi connectivity index (χ2v) is 8.24. The third kappa shape index (κ3) is 5.53. The molecule has 0 aromatic heterocycles. The number of hydrogen-bond donors (Lipinski definition) is 2. The Labute approximate surface area is 178 Å². The first kappa shape index (κ1) is 21.7. The van der Waals surface area contributed by atoms with Crippen molar-refractivity contribution >= 4 is 17.7 Å². The van der Waals surface area contributed by atoms with Crippen LogP contribution in [-0.2, 0) is 16.0 Å². The molecule has 1 aliphatic heterocycles. The molecular weight excluding hydrogens is 380 g/mol. The van der Waals surface area contributed by atoms with E-state index in [9.17, 15) is 9.59 Å². The summed E-state index contributed by atoms with van der Waals surface area (Å²) in [4.78, 5) is 24.4. The average Bonchev–Trinajstić information content (AvgIpc) is 2.71. The lowest BCUT2D eigenvalue weighted by molar-refractivity contribution is -0.122. The summed E-state index contributed by atoms with van der Waals surface area (Å²) in [6.45, 7) is 7.53. The topological polar surface area (TPSA) is 76.7 Å². The van der Waals surface area contributed by atoms with Crippen LogP contribution in [0.5, 0.6) is 5.75 Å². The smallest absolute Gasteiger partial charge is 0.408 e. The van der Waals surface area contributed by atoms with Gasteiger partial charge in [-0.15, -0.1) is 0 Å². The molecule has 3 rings (SSSR count).